The van der Waals surface area contributed by atoms with Gasteiger partial charge in [0.2, 0.25) is 6.79 Å². The molecule has 0 unspecified atom stereocenters. The van der Waals surface area contributed by atoms with Crippen LogP contribution in [0.25, 0.3) is 0 Å². The van der Waals surface area contributed by atoms with Crippen LogP contribution in [0.1, 0.15) is 17.0 Å². The number of rotatable bonds is 6. The van der Waals surface area contributed by atoms with Crippen molar-refractivity contribution in [1.29, 1.82) is 0 Å². The van der Waals surface area contributed by atoms with E-state index in [9.17, 15) is 0 Å². The van der Waals surface area contributed by atoms with Crippen molar-refractivity contribution in [3.63, 3.8) is 0 Å². The lowest BCUT2D eigenvalue weighted by atomic mass is 10.1. The average Bonchev–Trinajstić information content (AvgIpc) is 3.13. The summed E-state index contributed by atoms with van der Waals surface area (Å²) in [6, 6.07) is 18.0. The Morgan fingerprint density at radius 1 is 0.760 bits per heavy atom. The lowest BCUT2D eigenvalue weighted by Crippen LogP contribution is -2.23. The van der Waals surface area contributed by atoms with Crippen molar-refractivity contribution in [3.05, 3.63) is 83.9 Å². The van der Waals surface area contributed by atoms with Crippen LogP contribution in [0.3, 0.4) is 0 Å². The van der Waals surface area contributed by atoms with Crippen LogP contribution < -0.4 is 9.47 Å². The van der Waals surface area contributed by atoms with Gasteiger partial charge in [-0.3, -0.25) is 14.9 Å². The number of pyridine rings is 2. The number of benzene rings is 1. The molecule has 0 atom stereocenters. The zero-order chi connectivity index (χ0) is 16.9. The third kappa shape index (κ3) is 3.78. The highest BCUT2D eigenvalue weighted by Gasteiger charge is 2.19. The van der Waals surface area contributed by atoms with Crippen molar-refractivity contribution >= 4 is 0 Å². The second-order valence-electron chi connectivity index (χ2n) is 5.94. The van der Waals surface area contributed by atoms with Crippen molar-refractivity contribution in [2.75, 3.05) is 6.79 Å². The standard InChI is InChI=1S/C20H19N3O2/c1-3-10-21-17(7-1)13-23(14-18-8-2-4-11-22-18)12-16-6-5-9-19-20(16)25-15-24-19/h1-11H,12-15H2. The van der Waals surface area contributed by atoms with E-state index in [0.29, 0.717) is 0 Å². The first-order valence-electron chi connectivity index (χ1n) is 8.28. The molecule has 1 aromatic carbocycles. The molecular formula is C20H19N3O2. The summed E-state index contributed by atoms with van der Waals surface area (Å²) in [4.78, 5) is 11.2. The van der Waals surface area contributed by atoms with Gasteiger partial charge in [0, 0.05) is 37.6 Å². The molecule has 2 aromatic heterocycles. The van der Waals surface area contributed by atoms with Crippen LogP contribution in [-0.2, 0) is 19.6 Å². The quantitative estimate of drug-likeness (QED) is 0.692. The Morgan fingerprint density at radius 3 is 2.12 bits per heavy atom. The van der Waals surface area contributed by atoms with Gasteiger partial charge in [0.1, 0.15) is 0 Å². The molecular weight excluding hydrogens is 314 g/mol. The van der Waals surface area contributed by atoms with Crippen molar-refractivity contribution in [2.24, 2.45) is 0 Å². The second kappa shape index (κ2) is 7.32. The van der Waals surface area contributed by atoms with E-state index in [0.717, 1.165) is 48.1 Å². The van der Waals surface area contributed by atoms with E-state index < -0.39 is 0 Å². The Morgan fingerprint density at radius 2 is 1.48 bits per heavy atom. The Bertz CT molecular complexity index is 783. The number of aromatic nitrogens is 2. The zero-order valence-electron chi connectivity index (χ0n) is 13.8. The van der Waals surface area contributed by atoms with Gasteiger partial charge in [-0.05, 0) is 30.3 Å². The maximum absolute atomic E-state index is 5.65. The smallest absolute Gasteiger partial charge is 0.231 e. The number of nitrogens with zero attached hydrogens (tertiary/aromatic N) is 3. The van der Waals surface area contributed by atoms with E-state index in [-0.39, 0.29) is 6.79 Å². The van der Waals surface area contributed by atoms with E-state index in [2.05, 4.69) is 20.9 Å². The number of hydrogen-bond acceptors (Lipinski definition) is 5. The molecule has 0 aliphatic carbocycles. The molecule has 3 aromatic rings. The van der Waals surface area contributed by atoms with Crippen LogP contribution in [0.2, 0.25) is 0 Å². The molecule has 5 nitrogen and oxygen atoms in total. The highest BCUT2D eigenvalue weighted by Crippen LogP contribution is 2.36. The molecule has 5 heteroatoms. The van der Waals surface area contributed by atoms with E-state index >= 15 is 0 Å². The van der Waals surface area contributed by atoms with Crippen LogP contribution >= 0.6 is 0 Å². The van der Waals surface area contributed by atoms with E-state index in [1.54, 1.807) is 0 Å². The third-order valence-corrected chi connectivity index (χ3v) is 4.10. The van der Waals surface area contributed by atoms with Crippen LogP contribution in [0.5, 0.6) is 11.5 Å². The molecule has 0 fully saturated rings. The fourth-order valence-electron chi connectivity index (χ4n) is 2.97. The normalized spacial score (nSPS) is 12.5. The van der Waals surface area contributed by atoms with Gasteiger partial charge in [-0.25, -0.2) is 0 Å². The molecule has 0 bridgehead atoms. The fourth-order valence-corrected chi connectivity index (χ4v) is 2.97. The molecule has 0 amide bonds. The number of ether oxygens (including phenoxy) is 2. The summed E-state index contributed by atoms with van der Waals surface area (Å²) in [5.41, 5.74) is 3.17. The summed E-state index contributed by atoms with van der Waals surface area (Å²) >= 11 is 0. The summed E-state index contributed by atoms with van der Waals surface area (Å²) in [7, 11) is 0. The van der Waals surface area contributed by atoms with Crippen molar-refractivity contribution in [3.8, 4) is 11.5 Å². The van der Waals surface area contributed by atoms with E-state index in [4.69, 9.17) is 9.47 Å². The summed E-state index contributed by atoms with van der Waals surface area (Å²) in [5.74, 6) is 1.66. The van der Waals surface area contributed by atoms with E-state index in [1.807, 2.05) is 60.9 Å². The van der Waals surface area contributed by atoms with Crippen molar-refractivity contribution in [2.45, 2.75) is 19.6 Å². The molecule has 1 aliphatic heterocycles. The van der Waals surface area contributed by atoms with Crippen LogP contribution in [0.15, 0.2) is 67.0 Å². The van der Waals surface area contributed by atoms with Crippen molar-refractivity contribution < 1.29 is 9.47 Å². The van der Waals surface area contributed by atoms with Crippen LogP contribution in [0.4, 0.5) is 0 Å². The Hall–Kier alpha value is -2.92. The monoisotopic (exact) mass is 333 g/mol. The Balaban J connectivity index is 1.58. The van der Waals surface area contributed by atoms with Gasteiger partial charge in [0.25, 0.3) is 0 Å². The summed E-state index contributed by atoms with van der Waals surface area (Å²) in [6.07, 6.45) is 3.65. The maximum atomic E-state index is 5.65. The summed E-state index contributed by atoms with van der Waals surface area (Å²) in [6.45, 7) is 2.50. The highest BCUT2D eigenvalue weighted by molar-refractivity contribution is 5.48. The topological polar surface area (TPSA) is 47.5 Å². The van der Waals surface area contributed by atoms with E-state index in [1.165, 1.54) is 0 Å². The van der Waals surface area contributed by atoms with Crippen LogP contribution in [0, 0.1) is 0 Å². The molecule has 0 spiro atoms. The fraction of sp³-hybridized carbons (Fsp3) is 0.200. The maximum Gasteiger partial charge on any atom is 0.231 e. The minimum absolute atomic E-state index is 0.285. The third-order valence-electron chi connectivity index (χ3n) is 4.10. The molecule has 1 aliphatic rings. The molecule has 0 radical (unpaired) electrons. The van der Waals surface area contributed by atoms with Gasteiger partial charge in [-0.15, -0.1) is 0 Å². The molecule has 126 valence electrons. The van der Waals surface area contributed by atoms with Gasteiger partial charge >= 0.3 is 0 Å². The number of hydrogen-bond donors (Lipinski definition) is 0. The highest BCUT2D eigenvalue weighted by atomic mass is 16.7. The lowest BCUT2D eigenvalue weighted by Gasteiger charge is -2.22. The summed E-state index contributed by atoms with van der Waals surface area (Å²) < 4.78 is 11.1. The van der Waals surface area contributed by atoms with Crippen molar-refractivity contribution in [1.82, 2.24) is 14.9 Å². The van der Waals surface area contributed by atoms with Gasteiger partial charge in [0.15, 0.2) is 11.5 Å². The Labute approximate surface area is 146 Å². The zero-order valence-corrected chi connectivity index (χ0v) is 13.8. The molecule has 0 saturated carbocycles. The van der Waals surface area contributed by atoms with Gasteiger partial charge in [-0.2, -0.15) is 0 Å². The predicted octanol–water partition coefficient (Wildman–Crippen LogP) is 3.41. The molecule has 4 rings (SSSR count). The first-order valence-corrected chi connectivity index (χ1v) is 8.28. The lowest BCUT2D eigenvalue weighted by molar-refractivity contribution is 0.171. The molecule has 25 heavy (non-hydrogen) atoms. The average molecular weight is 333 g/mol. The van der Waals surface area contributed by atoms with Gasteiger partial charge in [0.05, 0.1) is 11.4 Å². The first-order chi connectivity index (χ1) is 12.4. The van der Waals surface area contributed by atoms with Gasteiger partial charge in [-0.1, -0.05) is 24.3 Å². The predicted molar refractivity (Wildman–Crippen MR) is 94.0 cm³/mol. The van der Waals surface area contributed by atoms with Crippen LogP contribution in [-0.4, -0.2) is 21.7 Å². The molecule has 0 N–H and O–H groups in total. The van der Waals surface area contributed by atoms with Gasteiger partial charge < -0.3 is 9.47 Å². The minimum Gasteiger partial charge on any atom is -0.454 e. The largest absolute Gasteiger partial charge is 0.454 e. The number of para-hydroxylation sites is 1. The Kier molecular flexibility index (Phi) is 4.57. The SMILES string of the molecule is c1ccc(CN(Cc2ccccn2)Cc2cccc3c2OCO3)nc1. The second-order valence-corrected chi connectivity index (χ2v) is 5.94. The molecule has 0 saturated heterocycles. The molecule has 3 heterocycles. The number of fused-ring (bicyclic) bond motifs is 1. The minimum atomic E-state index is 0.285. The summed E-state index contributed by atoms with van der Waals surface area (Å²) in [5, 5.41) is 0. The first kappa shape index (κ1) is 15.6.